The summed E-state index contributed by atoms with van der Waals surface area (Å²) in [4.78, 5) is 24.2. The highest BCUT2D eigenvalue weighted by Gasteiger charge is 2.05. The zero-order chi connectivity index (χ0) is 11.7. The van der Waals surface area contributed by atoms with Crippen LogP contribution in [0, 0.1) is 0 Å². The molecule has 0 aliphatic heterocycles. The molecule has 0 amide bonds. The van der Waals surface area contributed by atoms with Gasteiger partial charge in [-0.15, -0.1) is 0 Å². The van der Waals surface area contributed by atoms with E-state index in [9.17, 15) is 9.59 Å². The Labute approximate surface area is 90.1 Å². The van der Waals surface area contributed by atoms with Crippen LogP contribution in [0.25, 0.3) is 11.0 Å². The molecule has 6 heteroatoms. The summed E-state index contributed by atoms with van der Waals surface area (Å²) in [6.45, 7) is -0.400. The van der Waals surface area contributed by atoms with Crippen molar-refractivity contribution in [3.05, 3.63) is 28.7 Å². The number of carboxylic acids is 1. The van der Waals surface area contributed by atoms with Crippen LogP contribution < -0.4 is 10.4 Å². The number of aliphatic carboxylic acids is 1. The maximum Gasteiger partial charge on any atom is 0.341 e. The maximum absolute atomic E-state index is 11.3. The molecule has 0 aliphatic carbocycles. The molecule has 0 saturated carbocycles. The number of hydrogen-bond donors (Lipinski definition) is 2. The minimum atomic E-state index is -1.04. The molecule has 84 valence electrons. The first-order valence-corrected chi connectivity index (χ1v) is 4.61. The number of rotatable bonds is 3. The van der Waals surface area contributed by atoms with Crippen molar-refractivity contribution >= 4 is 17.0 Å². The lowest BCUT2D eigenvalue weighted by molar-refractivity contribution is -0.139. The van der Waals surface area contributed by atoms with Gasteiger partial charge in [0.25, 0.3) is 0 Å². The second kappa shape index (κ2) is 3.73. The van der Waals surface area contributed by atoms with Crippen molar-refractivity contribution in [1.82, 2.24) is 9.55 Å². The van der Waals surface area contributed by atoms with E-state index < -0.39 is 12.6 Å². The van der Waals surface area contributed by atoms with Crippen LogP contribution in [0.3, 0.4) is 0 Å². The average Bonchev–Trinajstić information content (AvgIpc) is 2.52. The van der Waals surface area contributed by atoms with E-state index in [0.29, 0.717) is 11.3 Å². The van der Waals surface area contributed by atoms with Crippen LogP contribution in [0.15, 0.2) is 23.0 Å². The Kier molecular flexibility index (Phi) is 2.40. The van der Waals surface area contributed by atoms with E-state index in [1.807, 2.05) is 0 Å². The van der Waals surface area contributed by atoms with Crippen LogP contribution in [0.2, 0.25) is 0 Å². The van der Waals surface area contributed by atoms with Gasteiger partial charge in [-0.05, 0) is 12.1 Å². The van der Waals surface area contributed by atoms with E-state index >= 15 is 0 Å². The summed E-state index contributed by atoms with van der Waals surface area (Å²) >= 11 is 0. The standard InChI is InChI=1S/C10H10N2O4/c1-12-8-3-2-6(16-5-9(13)14)4-7(8)11-10(12)15/h2-4H,5H2,1H3,(H,11,15)(H,13,14). The van der Waals surface area contributed by atoms with Crippen LogP contribution in [-0.2, 0) is 11.8 Å². The van der Waals surface area contributed by atoms with Crippen molar-refractivity contribution in [2.45, 2.75) is 0 Å². The van der Waals surface area contributed by atoms with Crippen LogP contribution in [0.5, 0.6) is 5.75 Å². The van der Waals surface area contributed by atoms with Crippen molar-refractivity contribution in [1.29, 1.82) is 0 Å². The molecule has 0 bridgehead atoms. The van der Waals surface area contributed by atoms with Crippen molar-refractivity contribution in [2.24, 2.45) is 7.05 Å². The van der Waals surface area contributed by atoms with Gasteiger partial charge in [-0.1, -0.05) is 0 Å². The molecule has 0 fully saturated rings. The summed E-state index contributed by atoms with van der Waals surface area (Å²) in [5.74, 6) is -0.626. The number of aryl methyl sites for hydroxylation is 1. The molecule has 1 heterocycles. The van der Waals surface area contributed by atoms with E-state index in [1.165, 1.54) is 4.57 Å². The van der Waals surface area contributed by atoms with Crippen LogP contribution in [0.1, 0.15) is 0 Å². The average molecular weight is 222 g/mol. The van der Waals surface area contributed by atoms with E-state index in [1.54, 1.807) is 25.2 Å². The maximum atomic E-state index is 11.3. The topological polar surface area (TPSA) is 84.3 Å². The number of fused-ring (bicyclic) bond motifs is 1. The molecule has 2 N–H and O–H groups in total. The summed E-state index contributed by atoms with van der Waals surface area (Å²) in [6.07, 6.45) is 0. The Morgan fingerprint density at radius 1 is 1.56 bits per heavy atom. The minimum Gasteiger partial charge on any atom is -0.482 e. The smallest absolute Gasteiger partial charge is 0.341 e. The molecular weight excluding hydrogens is 212 g/mol. The molecule has 0 atom stereocenters. The van der Waals surface area contributed by atoms with Gasteiger partial charge in [0, 0.05) is 13.1 Å². The summed E-state index contributed by atoms with van der Waals surface area (Å²) < 4.78 is 6.46. The number of imidazole rings is 1. The van der Waals surface area contributed by atoms with E-state index in [-0.39, 0.29) is 5.69 Å². The summed E-state index contributed by atoms with van der Waals surface area (Å²) in [5.41, 5.74) is 1.15. The van der Waals surface area contributed by atoms with Gasteiger partial charge in [0.05, 0.1) is 11.0 Å². The number of aromatic amines is 1. The predicted octanol–water partition coefficient (Wildman–Crippen LogP) is 0.330. The fourth-order valence-corrected chi connectivity index (χ4v) is 1.45. The lowest BCUT2D eigenvalue weighted by Crippen LogP contribution is -2.11. The van der Waals surface area contributed by atoms with Crippen molar-refractivity contribution < 1.29 is 14.6 Å². The highest BCUT2D eigenvalue weighted by molar-refractivity contribution is 5.77. The number of ether oxygens (including phenoxy) is 1. The van der Waals surface area contributed by atoms with Crippen molar-refractivity contribution in [3.8, 4) is 5.75 Å². The number of aromatic nitrogens is 2. The lowest BCUT2D eigenvalue weighted by atomic mass is 10.3. The Balaban J connectivity index is 2.37. The monoisotopic (exact) mass is 222 g/mol. The fourth-order valence-electron chi connectivity index (χ4n) is 1.45. The Bertz CT molecular complexity index is 596. The second-order valence-electron chi connectivity index (χ2n) is 3.35. The molecule has 0 aliphatic rings. The largest absolute Gasteiger partial charge is 0.482 e. The number of H-pyrrole nitrogens is 1. The van der Waals surface area contributed by atoms with Crippen molar-refractivity contribution in [2.75, 3.05) is 6.61 Å². The normalized spacial score (nSPS) is 10.6. The van der Waals surface area contributed by atoms with E-state index in [0.717, 1.165) is 5.52 Å². The third-order valence-corrected chi connectivity index (χ3v) is 2.24. The summed E-state index contributed by atoms with van der Waals surface area (Å²) in [5, 5.41) is 8.45. The number of nitrogens with zero attached hydrogens (tertiary/aromatic N) is 1. The SMILES string of the molecule is Cn1c(=O)[nH]c2cc(OCC(=O)O)ccc21. The van der Waals surface area contributed by atoms with E-state index in [2.05, 4.69) is 4.98 Å². The minimum absolute atomic E-state index is 0.217. The molecule has 6 nitrogen and oxygen atoms in total. The molecule has 2 aromatic rings. The molecule has 0 saturated heterocycles. The number of carbonyl (C=O) groups is 1. The zero-order valence-corrected chi connectivity index (χ0v) is 8.56. The molecule has 1 aromatic carbocycles. The molecule has 0 spiro atoms. The van der Waals surface area contributed by atoms with Gasteiger partial charge in [-0.3, -0.25) is 4.57 Å². The highest BCUT2D eigenvalue weighted by atomic mass is 16.5. The first-order valence-electron chi connectivity index (χ1n) is 4.61. The third kappa shape index (κ3) is 1.77. The highest BCUT2D eigenvalue weighted by Crippen LogP contribution is 2.17. The van der Waals surface area contributed by atoms with Gasteiger partial charge in [-0.25, -0.2) is 9.59 Å². The van der Waals surface area contributed by atoms with Gasteiger partial charge in [0.1, 0.15) is 5.75 Å². The van der Waals surface area contributed by atoms with Gasteiger partial charge >= 0.3 is 11.7 Å². The summed E-state index contributed by atoms with van der Waals surface area (Å²) in [6, 6.07) is 4.92. The quantitative estimate of drug-likeness (QED) is 0.783. The van der Waals surface area contributed by atoms with Crippen LogP contribution >= 0.6 is 0 Å². The lowest BCUT2D eigenvalue weighted by Gasteiger charge is -2.02. The number of carboxylic acid groups (broad SMARTS) is 1. The van der Waals surface area contributed by atoms with Crippen LogP contribution in [0.4, 0.5) is 0 Å². The molecule has 16 heavy (non-hydrogen) atoms. The Morgan fingerprint density at radius 2 is 2.31 bits per heavy atom. The van der Waals surface area contributed by atoms with Gasteiger partial charge < -0.3 is 14.8 Å². The molecule has 1 aromatic heterocycles. The molecule has 2 rings (SSSR count). The second-order valence-corrected chi connectivity index (χ2v) is 3.35. The van der Waals surface area contributed by atoms with Gasteiger partial charge in [0.15, 0.2) is 6.61 Å². The predicted molar refractivity (Wildman–Crippen MR) is 56.7 cm³/mol. The van der Waals surface area contributed by atoms with Gasteiger partial charge in [-0.2, -0.15) is 0 Å². The number of hydrogen-bond acceptors (Lipinski definition) is 3. The molecule has 0 unspecified atom stereocenters. The van der Waals surface area contributed by atoms with Crippen molar-refractivity contribution in [3.63, 3.8) is 0 Å². The fraction of sp³-hybridized carbons (Fsp3) is 0.200. The first-order chi connectivity index (χ1) is 7.58. The Hall–Kier alpha value is -2.24. The Morgan fingerprint density at radius 3 is 3.00 bits per heavy atom. The molecule has 0 radical (unpaired) electrons. The first kappa shape index (κ1) is 10.3. The zero-order valence-electron chi connectivity index (χ0n) is 8.56. The number of nitrogens with one attached hydrogen (secondary N) is 1. The number of benzene rings is 1. The molecular formula is C10H10N2O4. The third-order valence-electron chi connectivity index (χ3n) is 2.24. The van der Waals surface area contributed by atoms with Crippen LogP contribution in [-0.4, -0.2) is 27.2 Å². The van der Waals surface area contributed by atoms with Gasteiger partial charge in [0.2, 0.25) is 0 Å². The van der Waals surface area contributed by atoms with E-state index in [4.69, 9.17) is 9.84 Å². The summed E-state index contributed by atoms with van der Waals surface area (Å²) in [7, 11) is 1.65.